The van der Waals surface area contributed by atoms with Crippen molar-refractivity contribution >= 4 is 11.6 Å². The van der Waals surface area contributed by atoms with Crippen LogP contribution in [0.15, 0.2) is 30.3 Å². The Labute approximate surface area is 125 Å². The predicted molar refractivity (Wildman–Crippen MR) is 85.6 cm³/mol. The quantitative estimate of drug-likeness (QED) is 0.787. The maximum absolute atomic E-state index is 9.87. The standard InChI is InChI=1S/C16H22N4O/c1-11-14(17-4)18-12(2)19-15(11)20-16(3,10-21)13-8-6-5-7-9-13/h5-9,21H,10H2,1-4H3,(H2,17,18,19,20). The minimum Gasteiger partial charge on any atom is -0.394 e. The van der Waals surface area contributed by atoms with E-state index in [0.717, 1.165) is 22.8 Å². The lowest BCUT2D eigenvalue weighted by Gasteiger charge is -2.31. The molecule has 0 bridgehead atoms. The average molecular weight is 286 g/mol. The van der Waals surface area contributed by atoms with Crippen LogP contribution in [0.5, 0.6) is 0 Å². The van der Waals surface area contributed by atoms with Crippen LogP contribution in [-0.2, 0) is 5.54 Å². The molecule has 0 aliphatic carbocycles. The first-order valence-corrected chi connectivity index (χ1v) is 6.97. The number of benzene rings is 1. The summed E-state index contributed by atoms with van der Waals surface area (Å²) in [5.41, 5.74) is 1.34. The van der Waals surface area contributed by atoms with Gasteiger partial charge in [-0.15, -0.1) is 0 Å². The Morgan fingerprint density at radius 2 is 1.71 bits per heavy atom. The van der Waals surface area contributed by atoms with Gasteiger partial charge in [-0.1, -0.05) is 30.3 Å². The van der Waals surface area contributed by atoms with Gasteiger partial charge >= 0.3 is 0 Å². The molecule has 2 rings (SSSR count). The largest absolute Gasteiger partial charge is 0.394 e. The summed E-state index contributed by atoms with van der Waals surface area (Å²) in [6, 6.07) is 9.86. The van der Waals surface area contributed by atoms with E-state index in [4.69, 9.17) is 0 Å². The highest BCUT2D eigenvalue weighted by Crippen LogP contribution is 2.28. The molecular formula is C16H22N4O. The molecule has 1 heterocycles. The molecule has 0 saturated carbocycles. The molecular weight excluding hydrogens is 264 g/mol. The molecule has 0 spiro atoms. The average Bonchev–Trinajstić information content (AvgIpc) is 2.51. The van der Waals surface area contributed by atoms with Crippen LogP contribution >= 0.6 is 0 Å². The van der Waals surface area contributed by atoms with Crippen molar-refractivity contribution in [2.24, 2.45) is 0 Å². The van der Waals surface area contributed by atoms with Crippen molar-refractivity contribution < 1.29 is 5.11 Å². The molecule has 1 atom stereocenters. The highest BCUT2D eigenvalue weighted by Gasteiger charge is 2.27. The lowest BCUT2D eigenvalue weighted by Crippen LogP contribution is -2.36. The third kappa shape index (κ3) is 3.13. The van der Waals surface area contributed by atoms with Crippen molar-refractivity contribution in [2.45, 2.75) is 26.3 Å². The number of aliphatic hydroxyl groups excluding tert-OH is 1. The van der Waals surface area contributed by atoms with Gasteiger partial charge in [0.15, 0.2) is 0 Å². The predicted octanol–water partition coefficient (Wildman–Crippen LogP) is 2.45. The van der Waals surface area contributed by atoms with Gasteiger partial charge < -0.3 is 15.7 Å². The van der Waals surface area contributed by atoms with Crippen molar-refractivity contribution in [3.63, 3.8) is 0 Å². The summed E-state index contributed by atoms with van der Waals surface area (Å²) in [6.45, 7) is 5.73. The van der Waals surface area contributed by atoms with E-state index in [1.165, 1.54) is 0 Å². The Hall–Kier alpha value is -2.14. The number of rotatable bonds is 5. The monoisotopic (exact) mass is 286 g/mol. The summed E-state index contributed by atoms with van der Waals surface area (Å²) >= 11 is 0. The Morgan fingerprint density at radius 3 is 2.29 bits per heavy atom. The second-order valence-electron chi connectivity index (χ2n) is 5.32. The number of aryl methyl sites for hydroxylation is 1. The number of hydrogen-bond donors (Lipinski definition) is 3. The van der Waals surface area contributed by atoms with E-state index in [2.05, 4.69) is 20.6 Å². The topological polar surface area (TPSA) is 70.1 Å². The lowest BCUT2D eigenvalue weighted by molar-refractivity contribution is 0.223. The number of nitrogens with one attached hydrogen (secondary N) is 2. The number of nitrogens with zero attached hydrogens (tertiary/aromatic N) is 2. The zero-order valence-corrected chi connectivity index (χ0v) is 12.9. The molecule has 0 amide bonds. The maximum atomic E-state index is 9.87. The molecule has 0 saturated heterocycles. The van der Waals surface area contributed by atoms with E-state index in [1.54, 1.807) is 0 Å². The van der Waals surface area contributed by atoms with Crippen molar-refractivity contribution in [1.29, 1.82) is 0 Å². The minimum atomic E-state index is -0.599. The van der Waals surface area contributed by atoms with E-state index in [1.807, 2.05) is 58.2 Å². The second kappa shape index (κ2) is 6.10. The number of aromatic nitrogens is 2. The summed E-state index contributed by atoms with van der Waals surface area (Å²) in [4.78, 5) is 8.82. The van der Waals surface area contributed by atoms with Gasteiger partial charge in [0.1, 0.15) is 17.5 Å². The van der Waals surface area contributed by atoms with Crippen molar-refractivity contribution in [2.75, 3.05) is 24.3 Å². The van der Waals surface area contributed by atoms with E-state index in [-0.39, 0.29) is 6.61 Å². The zero-order valence-electron chi connectivity index (χ0n) is 12.9. The number of aliphatic hydroxyl groups is 1. The van der Waals surface area contributed by atoms with Crippen LogP contribution in [0.4, 0.5) is 11.6 Å². The van der Waals surface area contributed by atoms with Crippen LogP contribution in [0, 0.1) is 13.8 Å². The normalized spacial score (nSPS) is 13.6. The third-order valence-electron chi connectivity index (χ3n) is 3.62. The summed E-state index contributed by atoms with van der Waals surface area (Å²) in [7, 11) is 1.83. The van der Waals surface area contributed by atoms with Gasteiger partial charge in [0, 0.05) is 12.6 Å². The van der Waals surface area contributed by atoms with Gasteiger partial charge in [-0.3, -0.25) is 0 Å². The van der Waals surface area contributed by atoms with Gasteiger partial charge in [0.05, 0.1) is 12.1 Å². The van der Waals surface area contributed by atoms with Gasteiger partial charge in [0.2, 0.25) is 0 Å². The highest BCUT2D eigenvalue weighted by molar-refractivity contribution is 5.58. The van der Waals surface area contributed by atoms with E-state index in [9.17, 15) is 5.11 Å². The van der Waals surface area contributed by atoms with Gasteiger partial charge in [0.25, 0.3) is 0 Å². The molecule has 0 aliphatic heterocycles. The Balaban J connectivity index is 2.42. The molecule has 0 fully saturated rings. The molecule has 112 valence electrons. The molecule has 0 radical (unpaired) electrons. The van der Waals surface area contributed by atoms with Gasteiger partial charge in [-0.05, 0) is 26.3 Å². The molecule has 21 heavy (non-hydrogen) atoms. The summed E-state index contributed by atoms with van der Waals surface area (Å²) in [5, 5.41) is 16.3. The first-order chi connectivity index (χ1) is 10.00. The zero-order chi connectivity index (χ0) is 15.5. The van der Waals surface area contributed by atoms with Crippen LogP contribution in [0.25, 0.3) is 0 Å². The fourth-order valence-corrected chi connectivity index (χ4v) is 2.26. The van der Waals surface area contributed by atoms with E-state index >= 15 is 0 Å². The highest BCUT2D eigenvalue weighted by atomic mass is 16.3. The van der Waals surface area contributed by atoms with Crippen molar-refractivity contribution in [1.82, 2.24) is 9.97 Å². The summed E-state index contributed by atoms with van der Waals surface area (Å²) in [6.07, 6.45) is 0. The molecule has 0 aliphatic rings. The van der Waals surface area contributed by atoms with Crippen molar-refractivity contribution in [3.05, 3.63) is 47.3 Å². The maximum Gasteiger partial charge on any atom is 0.135 e. The van der Waals surface area contributed by atoms with Gasteiger partial charge in [-0.25, -0.2) is 9.97 Å². The Bertz CT molecular complexity index is 615. The summed E-state index contributed by atoms with van der Waals surface area (Å²) in [5.74, 6) is 2.20. The van der Waals surface area contributed by atoms with Crippen LogP contribution in [-0.4, -0.2) is 28.7 Å². The summed E-state index contributed by atoms with van der Waals surface area (Å²) < 4.78 is 0. The second-order valence-corrected chi connectivity index (χ2v) is 5.32. The molecule has 1 aromatic carbocycles. The number of hydrogen-bond acceptors (Lipinski definition) is 5. The van der Waals surface area contributed by atoms with Gasteiger partial charge in [-0.2, -0.15) is 0 Å². The van der Waals surface area contributed by atoms with Crippen molar-refractivity contribution in [3.8, 4) is 0 Å². The molecule has 2 aromatic rings. The SMILES string of the molecule is CNc1nc(C)nc(NC(C)(CO)c2ccccc2)c1C. The lowest BCUT2D eigenvalue weighted by atomic mass is 9.92. The first-order valence-electron chi connectivity index (χ1n) is 6.97. The molecule has 5 heteroatoms. The minimum absolute atomic E-state index is 0.0333. The smallest absolute Gasteiger partial charge is 0.135 e. The molecule has 1 aromatic heterocycles. The molecule has 5 nitrogen and oxygen atoms in total. The Morgan fingerprint density at radius 1 is 1.10 bits per heavy atom. The van der Waals surface area contributed by atoms with Crippen LogP contribution in [0.1, 0.15) is 23.9 Å². The Kier molecular flexibility index (Phi) is 4.43. The third-order valence-corrected chi connectivity index (χ3v) is 3.62. The first kappa shape index (κ1) is 15.3. The fraction of sp³-hybridized carbons (Fsp3) is 0.375. The van der Waals surface area contributed by atoms with Crippen LogP contribution in [0.2, 0.25) is 0 Å². The fourth-order valence-electron chi connectivity index (χ4n) is 2.26. The van der Waals surface area contributed by atoms with Crippen LogP contribution in [0.3, 0.4) is 0 Å². The van der Waals surface area contributed by atoms with E-state index < -0.39 is 5.54 Å². The van der Waals surface area contributed by atoms with Crippen LogP contribution < -0.4 is 10.6 Å². The molecule has 3 N–H and O–H groups in total. The molecule has 1 unspecified atom stereocenters. The number of anilines is 2. The van der Waals surface area contributed by atoms with E-state index in [0.29, 0.717) is 5.82 Å².